The molecule has 8 nitrogen and oxygen atoms in total. The molecule has 1 aliphatic carbocycles. The molecule has 0 saturated carbocycles. The summed E-state index contributed by atoms with van der Waals surface area (Å²) in [6.07, 6.45) is 3.73. The second kappa shape index (κ2) is 15.8. The Morgan fingerprint density at radius 2 is 1.52 bits per heavy atom. The van der Waals surface area contributed by atoms with Gasteiger partial charge in [0.25, 0.3) is 8.32 Å². The zero-order chi connectivity index (χ0) is 39.9. The van der Waals surface area contributed by atoms with Crippen molar-refractivity contribution in [2.24, 2.45) is 17.8 Å². The Labute approximate surface area is 331 Å². The number of phenols is 1. The summed E-state index contributed by atoms with van der Waals surface area (Å²) < 4.78 is 14.1. The fourth-order valence-electron chi connectivity index (χ4n) is 9.43. The molecule has 0 spiro atoms. The fraction of sp³-hybridized carbons (Fsp3) is 0.348. The van der Waals surface area contributed by atoms with Gasteiger partial charge in [-0.3, -0.25) is 14.5 Å². The van der Waals surface area contributed by atoms with Crippen LogP contribution in [0.4, 0.5) is 5.69 Å². The Kier molecular flexibility index (Phi) is 11.2. The Bertz CT molecular complexity index is 2120. The minimum absolute atomic E-state index is 0.210. The summed E-state index contributed by atoms with van der Waals surface area (Å²) in [5.74, 6) is -1.73. The molecule has 3 N–H and O–H groups in total. The highest BCUT2D eigenvalue weighted by Gasteiger charge is 2.58. The quantitative estimate of drug-likeness (QED) is 0.0979. The molecule has 4 atom stereocenters. The summed E-state index contributed by atoms with van der Waals surface area (Å²) in [7, 11) is -4.68. The Hall–Kier alpha value is -4.58. The lowest BCUT2D eigenvalue weighted by Gasteiger charge is -2.44. The first-order chi connectivity index (χ1) is 26.7. The standard InChI is InChI=1S/C46H52BNO7Si/c1-29(22-32-23-30(2)43(49)31(3)24-32)20-21-40-41-33(27-55-56(46(4,5)6,36-16-9-7-10-17-36)37-18-11-8-12-19-37)25-38-42(39(41)28-54-40)45(51)48(44(38)50)35-15-13-14-34(26-35)47(52)53/h7-19,22-24,26,38-40,42,49,52-53H,20-21,25,27-28H2,1-6H3/b29-22+/t38-,39+,40-,42-/m1/s1. The van der Waals surface area contributed by atoms with E-state index in [0.717, 1.165) is 34.3 Å². The van der Waals surface area contributed by atoms with Gasteiger partial charge >= 0.3 is 7.12 Å². The number of phenolic OH excluding ortho intramolecular Hbond substituents is 1. The first-order valence-electron chi connectivity index (χ1n) is 19.6. The monoisotopic (exact) mass is 769 g/mol. The third-order valence-electron chi connectivity index (χ3n) is 12.0. The lowest BCUT2D eigenvalue weighted by Crippen LogP contribution is -2.66. The summed E-state index contributed by atoms with van der Waals surface area (Å²) in [4.78, 5) is 30.0. The van der Waals surface area contributed by atoms with E-state index in [9.17, 15) is 24.7 Å². The predicted octanol–water partition coefficient (Wildman–Crippen LogP) is 5.97. The number of benzene rings is 4. The Balaban J connectivity index is 1.27. The van der Waals surface area contributed by atoms with Crippen LogP contribution in [0.2, 0.25) is 5.04 Å². The van der Waals surface area contributed by atoms with Gasteiger partial charge in [-0.05, 0) is 113 Å². The van der Waals surface area contributed by atoms with Crippen LogP contribution >= 0.6 is 0 Å². The normalized spacial score (nSPS) is 21.4. The average Bonchev–Trinajstić information content (AvgIpc) is 3.71. The predicted molar refractivity (Wildman–Crippen MR) is 225 cm³/mol. The molecule has 4 aromatic rings. The molecule has 3 aliphatic rings. The van der Waals surface area contributed by atoms with Crippen molar-refractivity contribution in [2.45, 2.75) is 71.9 Å². The molecule has 2 heterocycles. The van der Waals surface area contributed by atoms with Gasteiger partial charge < -0.3 is 24.3 Å². The van der Waals surface area contributed by atoms with Crippen LogP contribution < -0.4 is 20.7 Å². The van der Waals surface area contributed by atoms with E-state index in [4.69, 9.17) is 9.16 Å². The van der Waals surface area contributed by atoms with Crippen molar-refractivity contribution in [3.05, 3.63) is 130 Å². The highest BCUT2D eigenvalue weighted by molar-refractivity contribution is 6.99. The van der Waals surface area contributed by atoms with Crippen molar-refractivity contribution in [1.29, 1.82) is 0 Å². The smallest absolute Gasteiger partial charge is 0.488 e. The molecule has 2 amide bonds. The highest BCUT2D eigenvalue weighted by atomic mass is 28.4. The number of fused-ring (bicyclic) bond motifs is 3. The molecule has 2 aliphatic heterocycles. The molecule has 0 bridgehead atoms. The maximum Gasteiger partial charge on any atom is 0.488 e. The number of hydrogen-bond donors (Lipinski definition) is 3. The number of ether oxygens (including phenoxy) is 1. The number of nitrogens with zero attached hydrogens (tertiary/aromatic N) is 1. The Morgan fingerprint density at radius 1 is 0.893 bits per heavy atom. The fourth-order valence-corrected chi connectivity index (χ4v) is 14.0. The third-order valence-corrected chi connectivity index (χ3v) is 17.0. The van der Waals surface area contributed by atoms with Gasteiger partial charge in [0.05, 0.1) is 36.8 Å². The number of carbonyl (C=O) groups excluding carboxylic acids is 2. The number of amides is 2. The molecule has 2 saturated heterocycles. The Morgan fingerprint density at radius 3 is 2.11 bits per heavy atom. The number of aryl methyl sites for hydroxylation is 2. The van der Waals surface area contributed by atoms with Crippen molar-refractivity contribution in [3.8, 4) is 5.75 Å². The van der Waals surface area contributed by atoms with Crippen LogP contribution in [-0.2, 0) is 18.8 Å². The zero-order valence-corrected chi connectivity index (χ0v) is 34.2. The van der Waals surface area contributed by atoms with E-state index in [2.05, 4.69) is 82.3 Å². The molecular weight excluding hydrogens is 717 g/mol. The number of carbonyl (C=O) groups is 2. The number of imide groups is 1. The molecular formula is C46H52BNO7Si. The summed E-state index contributed by atoms with van der Waals surface area (Å²) in [6.45, 7) is 13.3. The van der Waals surface area contributed by atoms with Gasteiger partial charge in [-0.15, -0.1) is 0 Å². The van der Waals surface area contributed by atoms with E-state index in [1.54, 1.807) is 18.2 Å². The summed E-state index contributed by atoms with van der Waals surface area (Å²) >= 11 is 0. The zero-order valence-electron chi connectivity index (χ0n) is 33.2. The maximum absolute atomic E-state index is 14.4. The molecule has 0 radical (unpaired) electrons. The van der Waals surface area contributed by atoms with Crippen molar-refractivity contribution in [1.82, 2.24) is 0 Å². The SMILES string of the molecule is C/C(=C\c1cc(C)c(O)c(C)c1)CC[C@H]1OC[C@H]2C1=C(CO[Si](c1ccccc1)(c1ccccc1)C(C)(C)C)C[C@H]1C(=O)N(c3cccc(B(O)O)c3)C(=O)[C@H]12. The number of rotatable bonds is 11. The summed E-state index contributed by atoms with van der Waals surface area (Å²) in [5, 5.41) is 32.2. The minimum atomic E-state index is -2.95. The largest absolute Gasteiger partial charge is 0.507 e. The third kappa shape index (κ3) is 7.25. The van der Waals surface area contributed by atoms with Crippen LogP contribution in [0.1, 0.15) is 63.6 Å². The second-order valence-electron chi connectivity index (χ2n) is 16.8. The van der Waals surface area contributed by atoms with Crippen LogP contribution in [0, 0.1) is 31.6 Å². The van der Waals surface area contributed by atoms with Crippen LogP contribution in [0.5, 0.6) is 5.75 Å². The second-order valence-corrected chi connectivity index (χ2v) is 21.1. The number of aromatic hydroxyl groups is 1. The van der Waals surface area contributed by atoms with Crippen molar-refractivity contribution < 1.29 is 33.9 Å². The van der Waals surface area contributed by atoms with Gasteiger partial charge in [-0.25, -0.2) is 0 Å². The van der Waals surface area contributed by atoms with Crippen LogP contribution in [0.25, 0.3) is 6.08 Å². The van der Waals surface area contributed by atoms with Crippen molar-refractivity contribution in [2.75, 3.05) is 18.1 Å². The number of allylic oxidation sites excluding steroid dienone is 1. The summed E-state index contributed by atoms with van der Waals surface area (Å²) in [6, 6.07) is 31.3. The first kappa shape index (κ1) is 39.6. The lowest BCUT2D eigenvalue weighted by molar-refractivity contribution is -0.122. The molecule has 2 fully saturated rings. The van der Waals surface area contributed by atoms with E-state index in [-0.39, 0.29) is 34.3 Å². The van der Waals surface area contributed by atoms with Crippen molar-refractivity contribution in [3.63, 3.8) is 0 Å². The molecule has 290 valence electrons. The number of anilines is 1. The highest BCUT2D eigenvalue weighted by Crippen LogP contribution is 2.51. The molecule has 10 heteroatoms. The van der Waals surface area contributed by atoms with Crippen molar-refractivity contribution >= 4 is 54.8 Å². The first-order valence-corrected chi connectivity index (χ1v) is 21.5. The molecule has 56 heavy (non-hydrogen) atoms. The van der Waals surface area contributed by atoms with E-state index in [1.807, 2.05) is 38.1 Å². The van der Waals surface area contributed by atoms with Gasteiger partial charge in [0, 0.05) is 5.92 Å². The van der Waals surface area contributed by atoms with E-state index < -0.39 is 27.3 Å². The van der Waals surface area contributed by atoms with Crippen LogP contribution in [0.3, 0.4) is 0 Å². The molecule has 7 rings (SSSR count). The number of hydrogen-bond acceptors (Lipinski definition) is 7. The molecule has 4 aromatic carbocycles. The molecule has 0 unspecified atom stereocenters. The average molecular weight is 770 g/mol. The van der Waals surface area contributed by atoms with Gasteiger partial charge in [-0.1, -0.05) is 105 Å². The van der Waals surface area contributed by atoms with E-state index in [0.29, 0.717) is 37.5 Å². The van der Waals surface area contributed by atoms with Crippen LogP contribution in [0.15, 0.2) is 114 Å². The topological polar surface area (TPSA) is 117 Å². The van der Waals surface area contributed by atoms with Crippen LogP contribution in [-0.4, -0.2) is 61.7 Å². The minimum Gasteiger partial charge on any atom is -0.507 e. The van der Waals surface area contributed by atoms with Gasteiger partial charge in [0.2, 0.25) is 11.8 Å². The van der Waals surface area contributed by atoms with E-state index >= 15 is 0 Å². The molecule has 0 aromatic heterocycles. The maximum atomic E-state index is 14.4. The van der Waals surface area contributed by atoms with Gasteiger partial charge in [0.15, 0.2) is 0 Å². The summed E-state index contributed by atoms with van der Waals surface area (Å²) in [5.41, 5.74) is 6.53. The van der Waals surface area contributed by atoms with Gasteiger partial charge in [-0.2, -0.15) is 0 Å². The van der Waals surface area contributed by atoms with E-state index in [1.165, 1.54) is 26.9 Å². The van der Waals surface area contributed by atoms with Gasteiger partial charge in [0.1, 0.15) is 5.75 Å². The lowest BCUT2D eigenvalue weighted by atomic mass is 9.69.